The van der Waals surface area contributed by atoms with Gasteiger partial charge in [0.15, 0.2) is 0 Å². The molecule has 0 amide bonds. The van der Waals surface area contributed by atoms with E-state index < -0.39 is 0 Å². The van der Waals surface area contributed by atoms with Crippen molar-refractivity contribution in [1.29, 1.82) is 0 Å². The Balaban J connectivity index is 3.25. The van der Waals surface area contributed by atoms with Gasteiger partial charge in [0.25, 0.3) is 0 Å². The van der Waals surface area contributed by atoms with Gasteiger partial charge in [0.05, 0.1) is 17.9 Å². The maximum absolute atomic E-state index is 11.8. The highest BCUT2D eigenvalue weighted by Crippen LogP contribution is 2.32. The number of esters is 1. The van der Waals surface area contributed by atoms with Crippen molar-refractivity contribution in [3.8, 4) is 0 Å². The van der Waals surface area contributed by atoms with Crippen molar-refractivity contribution in [2.45, 2.75) is 27.3 Å². The van der Waals surface area contributed by atoms with Gasteiger partial charge in [-0.2, -0.15) is 0 Å². The van der Waals surface area contributed by atoms with Crippen LogP contribution in [-0.2, 0) is 11.3 Å². The Bertz CT molecular complexity index is 445. The van der Waals surface area contributed by atoms with Crippen LogP contribution >= 0.6 is 15.9 Å². The van der Waals surface area contributed by atoms with Crippen LogP contribution in [0.1, 0.15) is 36.7 Å². The fourth-order valence-corrected chi connectivity index (χ4v) is 2.79. The molecule has 0 aromatic heterocycles. The van der Waals surface area contributed by atoms with Gasteiger partial charge >= 0.3 is 5.97 Å². The number of benzene rings is 1. The monoisotopic (exact) mass is 328 g/mol. The lowest BCUT2D eigenvalue weighted by atomic mass is 10.1. The van der Waals surface area contributed by atoms with Crippen molar-refractivity contribution < 1.29 is 9.53 Å². The van der Waals surface area contributed by atoms with E-state index in [0.717, 1.165) is 28.8 Å². The topological polar surface area (TPSA) is 55.6 Å². The molecule has 1 rings (SSSR count). The zero-order valence-corrected chi connectivity index (χ0v) is 13.3. The first-order chi connectivity index (χ1) is 9.08. The lowest BCUT2D eigenvalue weighted by Gasteiger charge is -2.25. The fourth-order valence-electron chi connectivity index (χ4n) is 2.04. The minimum absolute atomic E-state index is 0.316. The van der Waals surface area contributed by atoms with Gasteiger partial charge in [0.2, 0.25) is 0 Å². The first-order valence-electron chi connectivity index (χ1n) is 6.53. The SMILES string of the molecule is CCOC(=O)c1cc(Br)c(N(CC)CC)c(CN)c1. The average Bonchev–Trinajstić information content (AvgIpc) is 2.41. The third kappa shape index (κ3) is 3.70. The summed E-state index contributed by atoms with van der Waals surface area (Å²) in [4.78, 5) is 14.0. The number of rotatable bonds is 6. The van der Waals surface area contributed by atoms with Gasteiger partial charge in [-0.3, -0.25) is 0 Å². The van der Waals surface area contributed by atoms with Crippen molar-refractivity contribution in [3.05, 3.63) is 27.7 Å². The summed E-state index contributed by atoms with van der Waals surface area (Å²) in [6.07, 6.45) is 0. The molecule has 0 aliphatic heterocycles. The summed E-state index contributed by atoms with van der Waals surface area (Å²) in [5, 5.41) is 0. The molecular weight excluding hydrogens is 308 g/mol. The van der Waals surface area contributed by atoms with Crippen LogP contribution in [0.3, 0.4) is 0 Å². The van der Waals surface area contributed by atoms with Crippen LogP contribution < -0.4 is 10.6 Å². The smallest absolute Gasteiger partial charge is 0.338 e. The first-order valence-corrected chi connectivity index (χ1v) is 7.32. The molecule has 4 nitrogen and oxygen atoms in total. The molecule has 2 N–H and O–H groups in total. The van der Waals surface area contributed by atoms with E-state index in [2.05, 4.69) is 34.7 Å². The molecule has 5 heteroatoms. The number of hydrogen-bond donors (Lipinski definition) is 1. The molecule has 106 valence electrons. The van der Waals surface area contributed by atoms with Gasteiger partial charge in [-0.25, -0.2) is 4.79 Å². The summed E-state index contributed by atoms with van der Waals surface area (Å²) in [5.41, 5.74) is 8.34. The quantitative estimate of drug-likeness (QED) is 0.816. The Morgan fingerprint density at radius 3 is 2.42 bits per heavy atom. The summed E-state index contributed by atoms with van der Waals surface area (Å²) in [5.74, 6) is -0.316. The van der Waals surface area contributed by atoms with Crippen LogP contribution in [0.4, 0.5) is 5.69 Å². The number of ether oxygens (including phenoxy) is 1. The molecule has 1 aromatic rings. The Kier molecular flexibility index (Phi) is 6.31. The standard InChI is InChI=1S/C14H21BrN2O2/c1-4-17(5-2)13-11(9-16)7-10(8-12(13)15)14(18)19-6-3/h7-8H,4-6,9,16H2,1-3H3. The highest BCUT2D eigenvalue weighted by Gasteiger charge is 2.16. The van der Waals surface area contributed by atoms with E-state index in [1.165, 1.54) is 0 Å². The molecular formula is C14H21BrN2O2. The second-order valence-corrected chi connectivity index (χ2v) is 4.92. The Morgan fingerprint density at radius 1 is 1.32 bits per heavy atom. The van der Waals surface area contributed by atoms with Crippen molar-refractivity contribution in [2.24, 2.45) is 5.73 Å². The summed E-state index contributed by atoms with van der Waals surface area (Å²) in [6, 6.07) is 3.61. The largest absolute Gasteiger partial charge is 0.462 e. The van der Waals surface area contributed by atoms with Crippen molar-refractivity contribution in [3.63, 3.8) is 0 Å². The van der Waals surface area contributed by atoms with Gasteiger partial charge in [-0.05, 0) is 54.4 Å². The lowest BCUT2D eigenvalue weighted by Crippen LogP contribution is -2.24. The first kappa shape index (κ1) is 16.0. The van der Waals surface area contributed by atoms with Crippen LogP contribution in [0.2, 0.25) is 0 Å². The molecule has 0 heterocycles. The average molecular weight is 329 g/mol. The molecule has 0 radical (unpaired) electrons. The van der Waals surface area contributed by atoms with E-state index in [4.69, 9.17) is 10.5 Å². The second kappa shape index (κ2) is 7.50. The molecule has 0 aliphatic carbocycles. The number of nitrogens with zero attached hydrogens (tertiary/aromatic N) is 1. The summed E-state index contributed by atoms with van der Waals surface area (Å²) < 4.78 is 5.90. The molecule has 0 aliphatic rings. The maximum atomic E-state index is 11.8. The molecule has 0 saturated heterocycles. The predicted molar refractivity (Wildman–Crippen MR) is 81.6 cm³/mol. The van der Waals surface area contributed by atoms with E-state index in [1.54, 1.807) is 13.0 Å². The zero-order chi connectivity index (χ0) is 14.4. The van der Waals surface area contributed by atoms with E-state index in [0.29, 0.717) is 18.7 Å². The van der Waals surface area contributed by atoms with Gasteiger partial charge < -0.3 is 15.4 Å². The number of carbonyl (C=O) groups excluding carboxylic acids is 1. The zero-order valence-electron chi connectivity index (χ0n) is 11.7. The minimum Gasteiger partial charge on any atom is -0.462 e. The Labute approximate surface area is 123 Å². The Morgan fingerprint density at radius 2 is 1.95 bits per heavy atom. The summed E-state index contributed by atoms with van der Waals surface area (Å²) >= 11 is 3.54. The third-order valence-electron chi connectivity index (χ3n) is 2.95. The van der Waals surface area contributed by atoms with Crippen LogP contribution in [0.15, 0.2) is 16.6 Å². The van der Waals surface area contributed by atoms with Crippen molar-refractivity contribution >= 4 is 27.6 Å². The second-order valence-electron chi connectivity index (χ2n) is 4.06. The highest BCUT2D eigenvalue weighted by molar-refractivity contribution is 9.10. The highest BCUT2D eigenvalue weighted by atomic mass is 79.9. The molecule has 0 saturated carbocycles. The van der Waals surface area contributed by atoms with Gasteiger partial charge in [0, 0.05) is 24.1 Å². The molecule has 0 spiro atoms. The molecule has 1 aromatic carbocycles. The Hall–Kier alpha value is -1.07. The number of anilines is 1. The number of carbonyl (C=O) groups is 1. The number of nitrogens with two attached hydrogens (primary N) is 1. The maximum Gasteiger partial charge on any atom is 0.338 e. The fraction of sp³-hybridized carbons (Fsp3) is 0.500. The van der Waals surface area contributed by atoms with Gasteiger partial charge in [-0.15, -0.1) is 0 Å². The van der Waals surface area contributed by atoms with Crippen LogP contribution in [0, 0.1) is 0 Å². The minimum atomic E-state index is -0.316. The molecule has 0 atom stereocenters. The predicted octanol–water partition coefficient (Wildman–Crippen LogP) is 2.93. The molecule has 0 fully saturated rings. The van der Waals surface area contributed by atoms with E-state index in [9.17, 15) is 4.79 Å². The summed E-state index contributed by atoms with van der Waals surface area (Å²) in [6.45, 7) is 8.51. The number of hydrogen-bond acceptors (Lipinski definition) is 4. The lowest BCUT2D eigenvalue weighted by molar-refractivity contribution is 0.0526. The molecule has 19 heavy (non-hydrogen) atoms. The van der Waals surface area contributed by atoms with Gasteiger partial charge in [0.1, 0.15) is 0 Å². The normalized spacial score (nSPS) is 10.4. The van der Waals surface area contributed by atoms with Crippen LogP contribution in [-0.4, -0.2) is 25.7 Å². The van der Waals surface area contributed by atoms with Gasteiger partial charge in [-0.1, -0.05) is 0 Å². The third-order valence-corrected chi connectivity index (χ3v) is 3.56. The van der Waals surface area contributed by atoms with Crippen molar-refractivity contribution in [2.75, 3.05) is 24.6 Å². The van der Waals surface area contributed by atoms with Crippen LogP contribution in [0.25, 0.3) is 0 Å². The van der Waals surface area contributed by atoms with E-state index in [1.807, 2.05) is 6.07 Å². The van der Waals surface area contributed by atoms with E-state index in [-0.39, 0.29) is 5.97 Å². The molecule has 0 bridgehead atoms. The summed E-state index contributed by atoms with van der Waals surface area (Å²) in [7, 11) is 0. The number of halogens is 1. The molecule has 0 unspecified atom stereocenters. The van der Waals surface area contributed by atoms with Crippen LogP contribution in [0.5, 0.6) is 0 Å². The van der Waals surface area contributed by atoms with Crippen molar-refractivity contribution in [1.82, 2.24) is 0 Å². The van der Waals surface area contributed by atoms with E-state index >= 15 is 0 Å².